The zero-order valence-electron chi connectivity index (χ0n) is 15.8. The number of fused-ring (bicyclic) bond motifs is 1. The number of halogens is 3. The Hall–Kier alpha value is -3.36. The number of benzene rings is 2. The van der Waals surface area contributed by atoms with Gasteiger partial charge in [-0.1, -0.05) is 29.5 Å². The molecule has 1 aliphatic heterocycles. The fraction of sp³-hybridized carbons (Fsp3) is 0.250. The SMILES string of the molecule is CN1C(=O)c2ccccc2N(C)[C@H]1c1cn(Cc2cccc(C(F)(F)F)c2)nn1. The van der Waals surface area contributed by atoms with Gasteiger partial charge in [-0.05, 0) is 29.8 Å². The Morgan fingerprint density at radius 3 is 2.55 bits per heavy atom. The van der Waals surface area contributed by atoms with Gasteiger partial charge in [0.25, 0.3) is 5.91 Å². The number of para-hydroxylation sites is 1. The fourth-order valence-electron chi connectivity index (χ4n) is 3.59. The van der Waals surface area contributed by atoms with E-state index in [9.17, 15) is 18.0 Å². The molecule has 0 fully saturated rings. The minimum Gasteiger partial charge on any atom is -0.348 e. The Morgan fingerprint density at radius 2 is 1.79 bits per heavy atom. The van der Waals surface area contributed by atoms with Crippen molar-refractivity contribution in [2.24, 2.45) is 0 Å². The highest BCUT2D eigenvalue weighted by molar-refractivity contribution is 6.01. The molecule has 1 atom stereocenters. The quantitative estimate of drug-likeness (QED) is 0.674. The maximum Gasteiger partial charge on any atom is 0.416 e. The molecular formula is C20H18F3N5O. The number of anilines is 1. The van der Waals surface area contributed by atoms with Crippen LogP contribution < -0.4 is 4.90 Å². The van der Waals surface area contributed by atoms with E-state index in [-0.39, 0.29) is 12.5 Å². The molecule has 0 saturated carbocycles. The van der Waals surface area contributed by atoms with Crippen molar-refractivity contribution in [3.63, 3.8) is 0 Å². The van der Waals surface area contributed by atoms with Gasteiger partial charge in [-0.25, -0.2) is 4.68 Å². The van der Waals surface area contributed by atoms with E-state index in [2.05, 4.69) is 10.3 Å². The van der Waals surface area contributed by atoms with Gasteiger partial charge >= 0.3 is 6.18 Å². The standard InChI is InChI=1S/C20H18F3N5O/c1-26-17-9-4-3-8-15(17)19(29)27(2)18(26)16-12-28(25-24-16)11-13-6-5-7-14(10-13)20(21,22)23/h3-10,12,18H,11H2,1-2H3/t18-/m1/s1. The molecule has 1 amide bonds. The van der Waals surface area contributed by atoms with E-state index in [0.717, 1.165) is 17.8 Å². The van der Waals surface area contributed by atoms with Crippen LogP contribution in [0.5, 0.6) is 0 Å². The summed E-state index contributed by atoms with van der Waals surface area (Å²) in [5.74, 6) is -0.129. The van der Waals surface area contributed by atoms with E-state index in [1.54, 1.807) is 30.3 Å². The van der Waals surface area contributed by atoms with E-state index in [4.69, 9.17) is 0 Å². The topological polar surface area (TPSA) is 54.3 Å². The average molecular weight is 401 g/mol. The van der Waals surface area contributed by atoms with Crippen LogP contribution in [0, 0.1) is 0 Å². The lowest BCUT2D eigenvalue weighted by molar-refractivity contribution is -0.137. The van der Waals surface area contributed by atoms with Gasteiger partial charge in [0.15, 0.2) is 6.17 Å². The molecule has 3 aromatic rings. The number of alkyl halides is 3. The van der Waals surface area contributed by atoms with E-state index in [1.807, 2.05) is 30.1 Å². The zero-order chi connectivity index (χ0) is 20.8. The summed E-state index contributed by atoms with van der Waals surface area (Å²) in [4.78, 5) is 16.2. The van der Waals surface area contributed by atoms with Gasteiger partial charge in [0.05, 0.1) is 29.6 Å². The van der Waals surface area contributed by atoms with Crippen LogP contribution >= 0.6 is 0 Å². The first-order chi connectivity index (χ1) is 13.8. The average Bonchev–Trinajstić information content (AvgIpc) is 3.14. The van der Waals surface area contributed by atoms with Crippen LogP contribution in [0.2, 0.25) is 0 Å². The molecule has 0 aliphatic carbocycles. The van der Waals surface area contributed by atoms with Crippen LogP contribution in [-0.2, 0) is 12.7 Å². The van der Waals surface area contributed by atoms with Crippen molar-refractivity contribution in [3.05, 3.63) is 77.1 Å². The van der Waals surface area contributed by atoms with E-state index < -0.39 is 17.9 Å². The molecule has 0 radical (unpaired) electrons. The minimum atomic E-state index is -4.40. The number of hydrogen-bond acceptors (Lipinski definition) is 4. The second-order valence-corrected chi connectivity index (χ2v) is 6.96. The van der Waals surface area contributed by atoms with Crippen molar-refractivity contribution in [2.75, 3.05) is 19.0 Å². The van der Waals surface area contributed by atoms with Crippen molar-refractivity contribution < 1.29 is 18.0 Å². The third kappa shape index (κ3) is 3.43. The normalized spacial score (nSPS) is 16.9. The van der Waals surface area contributed by atoms with Gasteiger partial charge in [-0.15, -0.1) is 5.10 Å². The Morgan fingerprint density at radius 1 is 1.03 bits per heavy atom. The van der Waals surface area contributed by atoms with Crippen LogP contribution in [-0.4, -0.2) is 39.9 Å². The van der Waals surface area contributed by atoms with Crippen molar-refractivity contribution in [1.29, 1.82) is 0 Å². The summed E-state index contributed by atoms with van der Waals surface area (Å²) in [6.07, 6.45) is -3.21. The molecule has 29 heavy (non-hydrogen) atoms. The van der Waals surface area contributed by atoms with E-state index in [1.165, 1.54) is 10.7 Å². The lowest BCUT2D eigenvalue weighted by Gasteiger charge is -2.40. The van der Waals surface area contributed by atoms with Gasteiger partial charge < -0.3 is 9.80 Å². The monoisotopic (exact) mass is 401 g/mol. The van der Waals surface area contributed by atoms with Gasteiger partial charge in [0.2, 0.25) is 0 Å². The summed E-state index contributed by atoms with van der Waals surface area (Å²) >= 11 is 0. The first kappa shape index (κ1) is 19.0. The van der Waals surface area contributed by atoms with Crippen molar-refractivity contribution in [1.82, 2.24) is 19.9 Å². The Bertz CT molecular complexity index is 1060. The molecule has 0 bridgehead atoms. The minimum absolute atomic E-state index is 0.129. The van der Waals surface area contributed by atoms with Crippen molar-refractivity contribution >= 4 is 11.6 Å². The highest BCUT2D eigenvalue weighted by Crippen LogP contribution is 2.35. The van der Waals surface area contributed by atoms with E-state index in [0.29, 0.717) is 16.8 Å². The number of aromatic nitrogens is 3. The number of carbonyl (C=O) groups is 1. The fourth-order valence-corrected chi connectivity index (χ4v) is 3.59. The smallest absolute Gasteiger partial charge is 0.348 e. The molecule has 2 heterocycles. The van der Waals surface area contributed by atoms with Crippen LogP contribution in [0.3, 0.4) is 0 Å². The molecule has 0 N–H and O–H groups in total. The molecule has 4 rings (SSSR count). The summed E-state index contributed by atoms with van der Waals surface area (Å²) in [5, 5.41) is 8.22. The van der Waals surface area contributed by atoms with Crippen LogP contribution in [0.25, 0.3) is 0 Å². The second kappa shape index (κ2) is 6.91. The van der Waals surface area contributed by atoms with E-state index >= 15 is 0 Å². The predicted molar refractivity (Wildman–Crippen MR) is 100 cm³/mol. The molecule has 0 saturated heterocycles. The maximum atomic E-state index is 12.9. The number of carbonyl (C=O) groups excluding carboxylic acids is 1. The zero-order valence-corrected chi connectivity index (χ0v) is 15.8. The molecule has 0 unspecified atom stereocenters. The number of nitrogens with zero attached hydrogens (tertiary/aromatic N) is 5. The van der Waals surface area contributed by atoms with Crippen molar-refractivity contribution in [3.8, 4) is 0 Å². The third-order valence-electron chi connectivity index (χ3n) is 4.99. The van der Waals surface area contributed by atoms with Crippen LogP contribution in [0.4, 0.5) is 18.9 Å². The number of rotatable bonds is 3. The first-order valence-electron chi connectivity index (χ1n) is 8.91. The molecular weight excluding hydrogens is 383 g/mol. The Balaban J connectivity index is 1.61. The van der Waals surface area contributed by atoms with Crippen LogP contribution in [0.15, 0.2) is 54.7 Å². The first-order valence-corrected chi connectivity index (χ1v) is 8.91. The molecule has 6 nitrogen and oxygen atoms in total. The molecule has 150 valence electrons. The Kier molecular flexibility index (Phi) is 4.52. The molecule has 1 aromatic heterocycles. The van der Waals surface area contributed by atoms with Crippen molar-refractivity contribution in [2.45, 2.75) is 18.9 Å². The molecule has 1 aliphatic rings. The summed E-state index contributed by atoms with van der Waals surface area (Å²) in [7, 11) is 3.55. The Labute approximate surface area is 165 Å². The van der Waals surface area contributed by atoms with Gasteiger partial charge in [-0.2, -0.15) is 13.2 Å². The van der Waals surface area contributed by atoms with Gasteiger partial charge in [0.1, 0.15) is 5.69 Å². The van der Waals surface area contributed by atoms with Crippen LogP contribution in [0.1, 0.15) is 33.3 Å². The molecule has 2 aromatic carbocycles. The highest BCUT2D eigenvalue weighted by atomic mass is 19.4. The highest BCUT2D eigenvalue weighted by Gasteiger charge is 2.36. The summed E-state index contributed by atoms with van der Waals surface area (Å²) in [5.41, 5.74) is 1.68. The molecule has 9 heteroatoms. The lowest BCUT2D eigenvalue weighted by atomic mass is 10.1. The third-order valence-corrected chi connectivity index (χ3v) is 4.99. The summed E-state index contributed by atoms with van der Waals surface area (Å²) in [6, 6.07) is 12.4. The summed E-state index contributed by atoms with van der Waals surface area (Å²) < 4.78 is 40.2. The van der Waals surface area contributed by atoms with Gasteiger partial charge in [0, 0.05) is 14.1 Å². The molecule has 0 spiro atoms. The number of amides is 1. The predicted octanol–water partition coefficient (Wildman–Crippen LogP) is 3.57. The van der Waals surface area contributed by atoms with Gasteiger partial charge in [-0.3, -0.25) is 4.79 Å². The largest absolute Gasteiger partial charge is 0.416 e. The lowest BCUT2D eigenvalue weighted by Crippen LogP contribution is -2.45. The summed E-state index contributed by atoms with van der Waals surface area (Å²) in [6.45, 7) is 0.140. The second-order valence-electron chi connectivity index (χ2n) is 6.96. The maximum absolute atomic E-state index is 12.9. The number of hydrogen-bond donors (Lipinski definition) is 0.